The van der Waals surface area contributed by atoms with Gasteiger partial charge in [0.05, 0.1) is 24.5 Å². The molecular weight excluding hydrogens is 428 g/mol. The molecular formula is C25H38O8. The Bertz CT molecular complexity index is 772. The van der Waals surface area contributed by atoms with Gasteiger partial charge in [-0.3, -0.25) is 9.59 Å². The fourth-order valence-corrected chi connectivity index (χ4v) is 7.40. The second-order valence-electron chi connectivity index (χ2n) is 11.2. The van der Waals surface area contributed by atoms with E-state index in [1.54, 1.807) is 0 Å². The highest BCUT2D eigenvalue weighted by Gasteiger charge is 2.69. The predicted octanol–water partition coefficient (Wildman–Crippen LogP) is 4.06. The summed E-state index contributed by atoms with van der Waals surface area (Å²) in [6.45, 7) is 6.62. The summed E-state index contributed by atoms with van der Waals surface area (Å²) in [5.41, 5.74) is -0.586. The van der Waals surface area contributed by atoms with Crippen molar-refractivity contribution >= 4 is 11.9 Å². The average Bonchev–Trinajstić information content (AvgIpc) is 3.03. The second-order valence-corrected chi connectivity index (χ2v) is 11.2. The first-order valence-corrected chi connectivity index (χ1v) is 12.8. The normalized spacial score (nSPS) is 49.1. The third kappa shape index (κ3) is 3.91. The molecule has 4 aliphatic heterocycles. The van der Waals surface area contributed by atoms with Crippen molar-refractivity contribution < 1.29 is 38.7 Å². The molecule has 0 aromatic rings. The number of carbonyl (C=O) groups excluding carboxylic acids is 1. The maximum absolute atomic E-state index is 12.7. The predicted molar refractivity (Wildman–Crippen MR) is 115 cm³/mol. The van der Waals surface area contributed by atoms with Crippen LogP contribution in [-0.2, 0) is 33.6 Å². The highest BCUT2D eigenvalue weighted by Crippen LogP contribution is 2.60. The summed E-state index contributed by atoms with van der Waals surface area (Å²) in [5.74, 6) is -1.98. The monoisotopic (exact) mass is 466 g/mol. The number of rotatable bonds is 5. The molecule has 10 atom stereocenters. The van der Waals surface area contributed by atoms with E-state index in [4.69, 9.17) is 24.0 Å². The Morgan fingerprint density at radius 2 is 1.76 bits per heavy atom. The molecule has 6 aliphatic rings. The summed E-state index contributed by atoms with van der Waals surface area (Å²) in [7, 11) is 0. The maximum atomic E-state index is 12.7. The maximum Gasteiger partial charge on any atom is 0.309 e. The fourth-order valence-electron chi connectivity index (χ4n) is 7.40. The van der Waals surface area contributed by atoms with Crippen LogP contribution >= 0.6 is 0 Å². The highest BCUT2D eigenvalue weighted by atomic mass is 17.3. The fraction of sp³-hybridized carbons (Fsp3) is 0.920. The molecule has 0 aromatic heterocycles. The van der Waals surface area contributed by atoms with Crippen molar-refractivity contribution in [3.63, 3.8) is 0 Å². The molecule has 8 nitrogen and oxygen atoms in total. The third-order valence-electron chi connectivity index (χ3n) is 9.33. The first-order valence-electron chi connectivity index (χ1n) is 12.8. The smallest absolute Gasteiger partial charge is 0.309 e. The van der Waals surface area contributed by atoms with Crippen LogP contribution in [0.1, 0.15) is 78.6 Å². The lowest BCUT2D eigenvalue weighted by atomic mass is 9.57. The zero-order chi connectivity index (χ0) is 23.4. The highest BCUT2D eigenvalue weighted by molar-refractivity contribution is 5.81. The summed E-state index contributed by atoms with van der Waals surface area (Å²) in [6.07, 6.45) is 6.73. The van der Waals surface area contributed by atoms with E-state index in [2.05, 4.69) is 13.8 Å². The number of aliphatic carboxylic acids is 1. The van der Waals surface area contributed by atoms with Gasteiger partial charge in [0.15, 0.2) is 11.9 Å². The molecule has 0 radical (unpaired) electrons. The van der Waals surface area contributed by atoms with Crippen LogP contribution in [0.4, 0.5) is 0 Å². The molecule has 4 saturated heterocycles. The van der Waals surface area contributed by atoms with E-state index >= 15 is 0 Å². The Balaban J connectivity index is 1.26. The molecule has 4 unspecified atom stereocenters. The summed E-state index contributed by atoms with van der Waals surface area (Å²) in [6, 6.07) is 0. The van der Waals surface area contributed by atoms with Gasteiger partial charge in [-0.25, -0.2) is 9.78 Å². The van der Waals surface area contributed by atoms with E-state index in [9.17, 15) is 14.7 Å². The van der Waals surface area contributed by atoms with Crippen LogP contribution in [0.5, 0.6) is 0 Å². The van der Waals surface area contributed by atoms with Crippen molar-refractivity contribution in [2.75, 3.05) is 6.61 Å². The second kappa shape index (κ2) is 8.77. The number of esters is 1. The molecule has 2 saturated carbocycles. The minimum Gasteiger partial charge on any atom is -0.481 e. The minimum absolute atomic E-state index is 0.124. The van der Waals surface area contributed by atoms with E-state index < -0.39 is 35.5 Å². The van der Waals surface area contributed by atoms with Gasteiger partial charge in [-0.05, 0) is 56.8 Å². The van der Waals surface area contributed by atoms with Gasteiger partial charge in [-0.1, -0.05) is 26.7 Å². The molecule has 0 amide bonds. The van der Waals surface area contributed by atoms with Gasteiger partial charge in [0.1, 0.15) is 0 Å². The van der Waals surface area contributed by atoms with Crippen molar-refractivity contribution in [3.8, 4) is 0 Å². The van der Waals surface area contributed by atoms with Crippen LogP contribution < -0.4 is 0 Å². The van der Waals surface area contributed by atoms with Crippen LogP contribution in [0, 0.1) is 35.5 Å². The van der Waals surface area contributed by atoms with Crippen molar-refractivity contribution in [1.82, 2.24) is 0 Å². The molecule has 8 heteroatoms. The van der Waals surface area contributed by atoms with Crippen molar-refractivity contribution in [2.24, 2.45) is 35.5 Å². The quantitative estimate of drug-likeness (QED) is 0.478. The molecule has 33 heavy (non-hydrogen) atoms. The summed E-state index contributed by atoms with van der Waals surface area (Å²) in [5, 5.41) is 9.46. The van der Waals surface area contributed by atoms with E-state index in [1.165, 1.54) is 0 Å². The SMILES string of the molecule is C[C@@H]1CCC2[C@@H](C)[C@@H](CCOC(=O)C3CCCCC3C(=O)O)O[C@@H]3O[C@]4(C)CCC1[C@@]23OO4. The summed E-state index contributed by atoms with van der Waals surface area (Å²) < 4.78 is 18.5. The molecule has 6 rings (SSSR count). The standard InChI is InChI=1S/C25H38O8/c1-14-8-9-19-15(2)20(11-13-29-22(28)17-7-5-4-6-16(17)21(26)27)30-23-25(19)18(14)10-12-24(3,31-23)32-33-25/h14-20,23H,4-13H2,1-3H3,(H,26,27)/t14-,15-,16?,17?,18?,19?,20-,23-,24+,25-/m1/s1. The molecule has 2 aliphatic carbocycles. The van der Waals surface area contributed by atoms with Crippen LogP contribution in [0.3, 0.4) is 0 Å². The van der Waals surface area contributed by atoms with Gasteiger partial charge < -0.3 is 19.3 Å². The van der Waals surface area contributed by atoms with Crippen molar-refractivity contribution in [3.05, 3.63) is 0 Å². The van der Waals surface area contributed by atoms with Gasteiger partial charge >= 0.3 is 11.9 Å². The van der Waals surface area contributed by atoms with Crippen LogP contribution in [-0.4, -0.2) is 47.4 Å². The Morgan fingerprint density at radius 3 is 2.52 bits per heavy atom. The van der Waals surface area contributed by atoms with E-state index in [1.807, 2.05) is 6.92 Å². The van der Waals surface area contributed by atoms with E-state index in [0.29, 0.717) is 31.1 Å². The Hall–Kier alpha value is -1.22. The minimum atomic E-state index is -0.899. The van der Waals surface area contributed by atoms with Gasteiger partial charge in [0.25, 0.3) is 0 Å². The Morgan fingerprint density at radius 1 is 1.00 bits per heavy atom. The molecule has 1 N–H and O–H groups in total. The number of hydrogen-bond donors (Lipinski definition) is 1. The number of fused-ring (bicyclic) bond motifs is 2. The Kier molecular flexibility index (Phi) is 6.25. The molecule has 4 heterocycles. The molecule has 2 bridgehead atoms. The van der Waals surface area contributed by atoms with Gasteiger partial charge in [-0.2, -0.15) is 0 Å². The van der Waals surface area contributed by atoms with Gasteiger partial charge in [0.2, 0.25) is 5.79 Å². The zero-order valence-corrected chi connectivity index (χ0v) is 20.0. The van der Waals surface area contributed by atoms with Crippen LogP contribution in [0.25, 0.3) is 0 Å². The number of carboxylic acids is 1. The average molecular weight is 467 g/mol. The lowest BCUT2D eigenvalue weighted by Crippen LogP contribution is -2.70. The number of carbonyl (C=O) groups is 2. The van der Waals surface area contributed by atoms with E-state index in [-0.39, 0.29) is 30.5 Å². The molecule has 6 fully saturated rings. The largest absolute Gasteiger partial charge is 0.481 e. The lowest BCUT2D eigenvalue weighted by Gasteiger charge is -2.60. The number of carboxylic acid groups (broad SMARTS) is 1. The van der Waals surface area contributed by atoms with Gasteiger partial charge in [0, 0.05) is 18.8 Å². The van der Waals surface area contributed by atoms with Crippen LogP contribution in [0.15, 0.2) is 0 Å². The summed E-state index contributed by atoms with van der Waals surface area (Å²) in [4.78, 5) is 36.2. The molecule has 1 spiro atoms. The zero-order valence-electron chi connectivity index (χ0n) is 20.0. The first-order chi connectivity index (χ1) is 15.7. The van der Waals surface area contributed by atoms with E-state index in [0.717, 1.165) is 38.5 Å². The molecule has 0 aromatic carbocycles. The first kappa shape index (κ1) is 23.5. The van der Waals surface area contributed by atoms with Crippen molar-refractivity contribution in [1.29, 1.82) is 0 Å². The Labute approximate surface area is 195 Å². The van der Waals surface area contributed by atoms with Crippen LogP contribution in [0.2, 0.25) is 0 Å². The molecule has 186 valence electrons. The number of ether oxygens (including phenoxy) is 3. The van der Waals surface area contributed by atoms with Crippen molar-refractivity contribution in [2.45, 2.75) is 102 Å². The topological polar surface area (TPSA) is 101 Å². The van der Waals surface area contributed by atoms with Gasteiger partial charge in [-0.15, -0.1) is 0 Å². The number of hydrogen-bond acceptors (Lipinski definition) is 7. The third-order valence-corrected chi connectivity index (χ3v) is 9.33. The lowest BCUT2D eigenvalue weighted by molar-refractivity contribution is -0.571. The summed E-state index contributed by atoms with van der Waals surface area (Å²) >= 11 is 0.